The van der Waals surface area contributed by atoms with Crippen LogP contribution < -0.4 is 10.5 Å². The normalized spacial score (nSPS) is 13.2. The lowest BCUT2D eigenvalue weighted by molar-refractivity contribution is 0.283. The lowest BCUT2D eigenvalue weighted by Gasteiger charge is -2.42. The molecule has 1 aromatic rings. The molecule has 1 aromatic carbocycles. The Morgan fingerprint density at radius 1 is 1.00 bits per heavy atom. The third-order valence-electron chi connectivity index (χ3n) is 4.64. The molecule has 0 aliphatic heterocycles. The van der Waals surface area contributed by atoms with E-state index in [9.17, 15) is 8.42 Å². The van der Waals surface area contributed by atoms with Crippen molar-refractivity contribution in [3.05, 3.63) is 24.3 Å². The highest BCUT2D eigenvalue weighted by Gasteiger charge is 2.44. The number of anilines is 1. The molecule has 0 spiro atoms. The number of rotatable bonds is 9. The lowest BCUT2D eigenvalue weighted by atomic mass is 10.3. The lowest BCUT2D eigenvalue weighted by Crippen LogP contribution is -2.49. The first-order valence-electron chi connectivity index (χ1n) is 8.53. The van der Waals surface area contributed by atoms with Crippen molar-refractivity contribution >= 4 is 24.0 Å². The summed E-state index contributed by atoms with van der Waals surface area (Å²) in [4.78, 5) is 0.219. The van der Waals surface area contributed by atoms with E-state index in [4.69, 9.17) is 10.2 Å². The first-order valence-corrected chi connectivity index (χ1v) is 12.2. The number of hydrogen-bond donors (Lipinski definition) is 2. The van der Waals surface area contributed by atoms with E-state index in [2.05, 4.69) is 46.3 Å². The van der Waals surface area contributed by atoms with Crippen molar-refractivity contribution in [1.82, 2.24) is 4.72 Å². The molecule has 0 heterocycles. The van der Waals surface area contributed by atoms with Crippen molar-refractivity contribution in [3.8, 4) is 0 Å². The Morgan fingerprint density at radius 3 is 1.88 bits per heavy atom. The Bertz CT molecular complexity index is 591. The molecule has 0 radical (unpaired) electrons. The van der Waals surface area contributed by atoms with Crippen molar-refractivity contribution in [2.75, 3.05) is 18.9 Å². The second kappa shape index (κ2) is 8.47. The molecule has 0 fully saturated rings. The average molecular weight is 373 g/mol. The molecule has 3 N–H and O–H groups in total. The molecule has 0 aliphatic carbocycles. The van der Waals surface area contributed by atoms with Gasteiger partial charge in [0, 0.05) is 18.8 Å². The van der Waals surface area contributed by atoms with Crippen LogP contribution in [0.2, 0.25) is 16.6 Å². The molecule has 0 aromatic heterocycles. The quantitative estimate of drug-likeness (QED) is 0.393. The maximum absolute atomic E-state index is 12.3. The predicted molar refractivity (Wildman–Crippen MR) is 103 cm³/mol. The zero-order valence-corrected chi connectivity index (χ0v) is 17.5. The highest BCUT2D eigenvalue weighted by molar-refractivity contribution is 7.89. The van der Waals surface area contributed by atoms with Gasteiger partial charge in [0.15, 0.2) is 8.32 Å². The molecule has 0 amide bonds. The standard InChI is InChI=1S/C17H32N2O3SSi/c1-13(2)24(14(3)4,15(5)6)22-12-11-19-23(20,21)17-9-7-16(18)8-10-17/h7-10,13-15,19H,11-12,18H2,1-6H3. The maximum atomic E-state index is 12.3. The van der Waals surface area contributed by atoms with Gasteiger partial charge in [0.25, 0.3) is 0 Å². The van der Waals surface area contributed by atoms with Gasteiger partial charge in [-0.05, 0) is 40.9 Å². The Labute approximate surface area is 148 Å². The van der Waals surface area contributed by atoms with Gasteiger partial charge in [-0.25, -0.2) is 13.1 Å². The second-order valence-corrected chi connectivity index (χ2v) is 14.4. The molecule has 1 rings (SSSR count). The molecule has 138 valence electrons. The summed E-state index contributed by atoms with van der Waals surface area (Å²) in [7, 11) is -5.49. The van der Waals surface area contributed by atoms with Gasteiger partial charge in [-0.1, -0.05) is 41.5 Å². The average Bonchev–Trinajstić information content (AvgIpc) is 2.46. The number of hydrogen-bond acceptors (Lipinski definition) is 4. The summed E-state index contributed by atoms with van der Waals surface area (Å²) in [5.41, 5.74) is 7.57. The largest absolute Gasteiger partial charge is 0.415 e. The van der Waals surface area contributed by atoms with Crippen LogP contribution in [0, 0.1) is 0 Å². The molecule has 0 bridgehead atoms. The number of benzene rings is 1. The summed E-state index contributed by atoms with van der Waals surface area (Å²) in [6.45, 7) is 13.9. The third-order valence-corrected chi connectivity index (χ3v) is 12.2. The van der Waals surface area contributed by atoms with Gasteiger partial charge in [-0.15, -0.1) is 0 Å². The minimum Gasteiger partial charge on any atom is -0.415 e. The van der Waals surface area contributed by atoms with E-state index in [-0.39, 0.29) is 11.4 Å². The smallest absolute Gasteiger partial charge is 0.240 e. The summed E-state index contributed by atoms with van der Waals surface area (Å²) in [5, 5.41) is 0. The van der Waals surface area contributed by atoms with E-state index in [1.807, 2.05) is 0 Å². The summed E-state index contributed by atoms with van der Waals surface area (Å²) in [5.74, 6) is 0. The summed E-state index contributed by atoms with van der Waals surface area (Å²) >= 11 is 0. The van der Waals surface area contributed by atoms with Crippen LogP contribution in [0.4, 0.5) is 5.69 Å². The topological polar surface area (TPSA) is 81.4 Å². The van der Waals surface area contributed by atoms with Crippen LogP contribution >= 0.6 is 0 Å². The van der Waals surface area contributed by atoms with Gasteiger partial charge in [0.2, 0.25) is 10.0 Å². The minimum atomic E-state index is -3.53. The van der Waals surface area contributed by atoms with Gasteiger partial charge in [0.1, 0.15) is 0 Å². The van der Waals surface area contributed by atoms with Crippen LogP contribution in [0.15, 0.2) is 29.2 Å². The van der Waals surface area contributed by atoms with Gasteiger partial charge in [0.05, 0.1) is 4.90 Å². The molecule has 0 atom stereocenters. The van der Waals surface area contributed by atoms with Crippen LogP contribution in [0.5, 0.6) is 0 Å². The predicted octanol–water partition coefficient (Wildman–Crippen LogP) is 3.74. The first-order chi connectivity index (χ1) is 11.0. The number of nitrogen functional groups attached to an aromatic ring is 1. The minimum absolute atomic E-state index is 0.219. The molecule has 5 nitrogen and oxygen atoms in total. The molecule has 0 saturated heterocycles. The van der Waals surface area contributed by atoms with Crippen LogP contribution in [-0.4, -0.2) is 29.9 Å². The monoisotopic (exact) mass is 372 g/mol. The Hall–Kier alpha value is -0.893. The molecule has 0 saturated carbocycles. The Morgan fingerprint density at radius 2 is 1.46 bits per heavy atom. The fraction of sp³-hybridized carbons (Fsp3) is 0.647. The van der Waals surface area contributed by atoms with Crippen molar-refractivity contribution in [2.24, 2.45) is 0 Å². The van der Waals surface area contributed by atoms with E-state index < -0.39 is 18.3 Å². The van der Waals surface area contributed by atoms with E-state index in [1.165, 1.54) is 12.1 Å². The van der Waals surface area contributed by atoms with Crippen LogP contribution in [-0.2, 0) is 14.4 Å². The Balaban J connectivity index is 2.71. The van der Waals surface area contributed by atoms with Crippen LogP contribution in [0.1, 0.15) is 41.5 Å². The summed E-state index contributed by atoms with van der Waals surface area (Å²) in [6.07, 6.45) is 0. The van der Waals surface area contributed by atoms with E-state index in [0.717, 1.165) is 0 Å². The van der Waals surface area contributed by atoms with Crippen molar-refractivity contribution in [2.45, 2.75) is 63.1 Å². The van der Waals surface area contributed by atoms with E-state index in [1.54, 1.807) is 12.1 Å². The zero-order valence-electron chi connectivity index (χ0n) is 15.7. The second-order valence-electron chi connectivity index (χ2n) is 7.13. The van der Waals surface area contributed by atoms with Crippen LogP contribution in [0.25, 0.3) is 0 Å². The molecule has 0 aliphatic rings. The molecule has 24 heavy (non-hydrogen) atoms. The van der Waals surface area contributed by atoms with Crippen molar-refractivity contribution < 1.29 is 12.8 Å². The van der Waals surface area contributed by atoms with Gasteiger partial charge in [-0.3, -0.25) is 0 Å². The van der Waals surface area contributed by atoms with Gasteiger partial charge >= 0.3 is 0 Å². The van der Waals surface area contributed by atoms with Gasteiger partial charge in [-0.2, -0.15) is 0 Å². The van der Waals surface area contributed by atoms with Crippen molar-refractivity contribution in [3.63, 3.8) is 0 Å². The fourth-order valence-corrected chi connectivity index (χ4v) is 10.1. The van der Waals surface area contributed by atoms with Crippen LogP contribution in [0.3, 0.4) is 0 Å². The summed E-state index contributed by atoms with van der Waals surface area (Å²) < 4.78 is 33.5. The molecule has 7 heteroatoms. The SMILES string of the molecule is CC(C)[Si](OCCNS(=O)(=O)c1ccc(N)cc1)(C(C)C)C(C)C. The van der Waals surface area contributed by atoms with E-state index >= 15 is 0 Å². The van der Waals surface area contributed by atoms with Gasteiger partial charge < -0.3 is 10.2 Å². The number of sulfonamides is 1. The fourth-order valence-electron chi connectivity index (χ4n) is 3.63. The van der Waals surface area contributed by atoms with E-state index in [0.29, 0.717) is 28.9 Å². The first kappa shape index (κ1) is 21.2. The highest BCUT2D eigenvalue weighted by atomic mass is 32.2. The molecule has 0 unspecified atom stereocenters. The highest BCUT2D eigenvalue weighted by Crippen LogP contribution is 2.42. The maximum Gasteiger partial charge on any atom is 0.240 e. The zero-order chi connectivity index (χ0) is 18.5. The van der Waals surface area contributed by atoms with Crippen molar-refractivity contribution in [1.29, 1.82) is 0 Å². The number of nitrogens with two attached hydrogens (primary N) is 1. The molecular formula is C17H32N2O3SSi. The third kappa shape index (κ3) is 4.81. The number of nitrogens with one attached hydrogen (secondary N) is 1. The Kier molecular flexibility index (Phi) is 7.46. The molecular weight excluding hydrogens is 340 g/mol. The summed E-state index contributed by atoms with van der Waals surface area (Å²) in [6, 6.07) is 6.18.